The van der Waals surface area contributed by atoms with Crippen molar-refractivity contribution < 1.29 is 9.47 Å². The van der Waals surface area contributed by atoms with E-state index in [0.717, 1.165) is 24.4 Å². The lowest BCUT2D eigenvalue weighted by Gasteiger charge is -2.31. The lowest BCUT2D eigenvalue weighted by molar-refractivity contribution is 0.00697. The molecule has 0 bridgehead atoms. The van der Waals surface area contributed by atoms with Crippen LogP contribution < -0.4 is 4.74 Å². The average Bonchev–Trinajstić information content (AvgIpc) is 2.62. The minimum absolute atomic E-state index is 0. The number of hydrogen-bond acceptors (Lipinski definition) is 3. The summed E-state index contributed by atoms with van der Waals surface area (Å²) >= 11 is 6.08. The van der Waals surface area contributed by atoms with Gasteiger partial charge in [0.05, 0.1) is 20.4 Å². The molecule has 3 rings (SSSR count). The van der Waals surface area contributed by atoms with Crippen molar-refractivity contribution >= 4 is 24.0 Å². The van der Waals surface area contributed by atoms with E-state index < -0.39 is 0 Å². The van der Waals surface area contributed by atoms with E-state index in [-0.39, 0.29) is 12.4 Å². The van der Waals surface area contributed by atoms with Gasteiger partial charge in [-0.05, 0) is 48.1 Å². The summed E-state index contributed by atoms with van der Waals surface area (Å²) in [5, 5.41) is 0.677. The van der Waals surface area contributed by atoms with Gasteiger partial charge < -0.3 is 9.47 Å². The zero-order valence-corrected chi connectivity index (χ0v) is 16.1. The molecule has 2 aromatic rings. The first-order chi connectivity index (χ1) is 11.7. The zero-order chi connectivity index (χ0) is 16.8. The Morgan fingerprint density at radius 2 is 1.80 bits per heavy atom. The molecule has 2 aromatic carbocycles. The van der Waals surface area contributed by atoms with Crippen molar-refractivity contribution in [3.05, 3.63) is 64.7 Å². The summed E-state index contributed by atoms with van der Waals surface area (Å²) in [6, 6.07) is 16.5. The van der Waals surface area contributed by atoms with Gasteiger partial charge in [-0.25, -0.2) is 0 Å². The summed E-state index contributed by atoms with van der Waals surface area (Å²) in [6.07, 6.45) is 2.39. The van der Waals surface area contributed by atoms with E-state index >= 15 is 0 Å². The molecule has 1 aliphatic heterocycles. The van der Waals surface area contributed by atoms with Crippen LogP contribution in [0, 0.1) is 0 Å². The highest BCUT2D eigenvalue weighted by Crippen LogP contribution is 2.27. The second kappa shape index (κ2) is 10.0. The second-order valence-electron chi connectivity index (χ2n) is 6.28. The molecule has 0 aliphatic carbocycles. The maximum atomic E-state index is 6.08. The van der Waals surface area contributed by atoms with E-state index in [9.17, 15) is 0 Å². The normalized spacial score (nSPS) is 15.6. The molecule has 0 unspecified atom stereocenters. The van der Waals surface area contributed by atoms with Crippen molar-refractivity contribution in [1.82, 2.24) is 4.90 Å². The third kappa shape index (κ3) is 5.89. The molecule has 1 heterocycles. The van der Waals surface area contributed by atoms with Crippen LogP contribution in [0.3, 0.4) is 0 Å². The molecule has 1 saturated heterocycles. The van der Waals surface area contributed by atoms with Crippen LogP contribution in [0.15, 0.2) is 48.5 Å². The molecule has 0 spiro atoms. The molecule has 0 aromatic heterocycles. The van der Waals surface area contributed by atoms with Crippen LogP contribution in [0.4, 0.5) is 0 Å². The summed E-state index contributed by atoms with van der Waals surface area (Å²) < 4.78 is 11.1. The highest BCUT2D eigenvalue weighted by molar-refractivity contribution is 6.30. The minimum Gasteiger partial charge on any atom is -0.497 e. The molecule has 1 aliphatic rings. The molecule has 0 saturated carbocycles. The Kier molecular flexibility index (Phi) is 8.04. The van der Waals surface area contributed by atoms with Crippen molar-refractivity contribution in [2.24, 2.45) is 0 Å². The molecule has 5 heteroatoms. The van der Waals surface area contributed by atoms with Crippen LogP contribution in [-0.2, 0) is 11.3 Å². The van der Waals surface area contributed by atoms with Crippen LogP contribution in [0.25, 0.3) is 0 Å². The lowest BCUT2D eigenvalue weighted by atomic mass is 9.90. The first-order valence-corrected chi connectivity index (χ1v) is 8.81. The first-order valence-electron chi connectivity index (χ1n) is 8.43. The SMILES string of the molecule is COc1cc(Cl)cc(COCN2CCC(c3ccccc3)CC2)c1.Cl. The van der Waals surface area contributed by atoms with Crippen molar-refractivity contribution in [3.63, 3.8) is 0 Å². The topological polar surface area (TPSA) is 21.7 Å². The number of hydrogen-bond donors (Lipinski definition) is 0. The Balaban J connectivity index is 0.00000225. The van der Waals surface area contributed by atoms with Gasteiger partial charge in [0.2, 0.25) is 0 Å². The summed E-state index contributed by atoms with van der Waals surface area (Å²) in [7, 11) is 1.65. The third-order valence-corrected chi connectivity index (χ3v) is 4.79. The van der Waals surface area contributed by atoms with Crippen molar-refractivity contribution in [2.45, 2.75) is 25.4 Å². The molecule has 0 radical (unpaired) electrons. The van der Waals surface area contributed by atoms with Crippen molar-refractivity contribution in [1.29, 1.82) is 0 Å². The number of ether oxygens (including phenoxy) is 2. The molecule has 0 amide bonds. The van der Waals surface area contributed by atoms with Crippen molar-refractivity contribution in [2.75, 3.05) is 26.9 Å². The Labute approximate surface area is 161 Å². The van der Waals surface area contributed by atoms with Gasteiger partial charge >= 0.3 is 0 Å². The van der Waals surface area contributed by atoms with Gasteiger partial charge in [-0.15, -0.1) is 12.4 Å². The predicted molar refractivity (Wildman–Crippen MR) is 105 cm³/mol. The smallest absolute Gasteiger partial charge is 0.120 e. The number of rotatable bonds is 6. The molecular formula is C20H25Cl2NO2. The quantitative estimate of drug-likeness (QED) is 0.692. The van der Waals surface area contributed by atoms with Gasteiger partial charge in [-0.3, -0.25) is 4.90 Å². The standard InChI is InChI=1S/C20H24ClNO2.ClH/c1-23-20-12-16(11-19(21)13-20)14-24-15-22-9-7-18(8-10-22)17-5-3-2-4-6-17;/h2-6,11-13,18H,7-10,14-15H2,1H3;1H. The lowest BCUT2D eigenvalue weighted by Crippen LogP contribution is -2.34. The monoisotopic (exact) mass is 381 g/mol. The Bertz CT molecular complexity index is 643. The largest absolute Gasteiger partial charge is 0.497 e. The molecular weight excluding hydrogens is 357 g/mol. The number of likely N-dealkylation sites (tertiary alicyclic amines) is 1. The Morgan fingerprint density at radius 3 is 2.48 bits per heavy atom. The summed E-state index contributed by atoms with van der Waals surface area (Å²) in [6.45, 7) is 3.38. The fraction of sp³-hybridized carbons (Fsp3) is 0.400. The van der Waals surface area contributed by atoms with Gasteiger partial charge in [-0.2, -0.15) is 0 Å². The minimum atomic E-state index is 0. The van der Waals surface area contributed by atoms with E-state index in [4.69, 9.17) is 21.1 Å². The highest BCUT2D eigenvalue weighted by atomic mass is 35.5. The maximum Gasteiger partial charge on any atom is 0.120 e. The van der Waals surface area contributed by atoms with Crippen LogP contribution in [0.5, 0.6) is 5.75 Å². The molecule has 1 fully saturated rings. The number of benzene rings is 2. The summed E-state index contributed by atoms with van der Waals surface area (Å²) in [5.74, 6) is 1.45. The van der Waals surface area contributed by atoms with E-state index in [1.54, 1.807) is 13.2 Å². The van der Waals surface area contributed by atoms with E-state index in [1.807, 2.05) is 12.1 Å². The molecule has 136 valence electrons. The van der Waals surface area contributed by atoms with Gasteiger partial charge in [0.15, 0.2) is 0 Å². The number of nitrogens with zero attached hydrogens (tertiary/aromatic N) is 1. The second-order valence-corrected chi connectivity index (χ2v) is 6.72. The Morgan fingerprint density at radius 1 is 1.08 bits per heavy atom. The maximum absolute atomic E-state index is 6.08. The number of methoxy groups -OCH3 is 1. The summed E-state index contributed by atoms with van der Waals surface area (Å²) in [5.41, 5.74) is 2.50. The average molecular weight is 382 g/mol. The Hall–Kier alpha value is -1.26. The van der Waals surface area contributed by atoms with E-state index in [2.05, 4.69) is 35.2 Å². The number of piperidine rings is 1. The highest BCUT2D eigenvalue weighted by Gasteiger charge is 2.20. The predicted octanol–water partition coefficient (Wildman–Crippen LogP) is 5.12. The molecule has 25 heavy (non-hydrogen) atoms. The third-order valence-electron chi connectivity index (χ3n) is 4.57. The van der Waals surface area contributed by atoms with E-state index in [1.165, 1.54) is 18.4 Å². The first kappa shape index (κ1) is 20.1. The molecule has 0 N–H and O–H groups in total. The van der Waals surface area contributed by atoms with Gasteiger partial charge in [0.1, 0.15) is 5.75 Å². The fourth-order valence-corrected chi connectivity index (χ4v) is 3.48. The van der Waals surface area contributed by atoms with Gasteiger partial charge in [-0.1, -0.05) is 41.9 Å². The molecule has 3 nitrogen and oxygen atoms in total. The van der Waals surface area contributed by atoms with Gasteiger partial charge in [0.25, 0.3) is 0 Å². The van der Waals surface area contributed by atoms with Crippen LogP contribution in [-0.4, -0.2) is 31.8 Å². The van der Waals surface area contributed by atoms with Crippen molar-refractivity contribution in [3.8, 4) is 5.75 Å². The van der Waals surface area contributed by atoms with Gasteiger partial charge in [0, 0.05) is 18.1 Å². The fourth-order valence-electron chi connectivity index (χ4n) is 3.24. The summed E-state index contributed by atoms with van der Waals surface area (Å²) in [4.78, 5) is 2.38. The zero-order valence-electron chi connectivity index (χ0n) is 14.5. The van der Waals surface area contributed by atoms with Crippen LogP contribution in [0.1, 0.15) is 29.9 Å². The van der Waals surface area contributed by atoms with Crippen LogP contribution >= 0.6 is 24.0 Å². The van der Waals surface area contributed by atoms with E-state index in [0.29, 0.717) is 24.3 Å². The van der Waals surface area contributed by atoms with Crippen LogP contribution in [0.2, 0.25) is 5.02 Å². The molecule has 0 atom stereocenters. The number of halogens is 2.